The highest BCUT2D eigenvalue weighted by atomic mass is 32.2. The lowest BCUT2D eigenvalue weighted by atomic mass is 10.2. The molecule has 0 aromatic heterocycles. The monoisotopic (exact) mass is 286 g/mol. The average Bonchev–Trinajstić information content (AvgIpc) is 3.09. The number of hydrogen-bond acceptors (Lipinski definition) is 4. The van der Waals surface area contributed by atoms with Crippen LogP contribution in [0, 0.1) is 0 Å². The molecular weight excluding hydrogens is 260 g/mol. The van der Waals surface area contributed by atoms with Gasteiger partial charge in [-0.2, -0.15) is 0 Å². The number of aliphatic hydroxyl groups is 1. The van der Waals surface area contributed by atoms with Gasteiger partial charge < -0.3 is 10.4 Å². The second kappa shape index (κ2) is 8.12. The molecule has 2 rings (SSSR count). The Morgan fingerprint density at radius 2 is 2.21 bits per heavy atom. The summed E-state index contributed by atoms with van der Waals surface area (Å²) >= 11 is 1.79. The zero-order valence-electron chi connectivity index (χ0n) is 11.6. The van der Waals surface area contributed by atoms with Gasteiger partial charge >= 0.3 is 0 Å². The van der Waals surface area contributed by atoms with E-state index in [2.05, 4.69) is 10.2 Å². The molecule has 1 amide bonds. The number of amides is 1. The summed E-state index contributed by atoms with van der Waals surface area (Å²) in [6.07, 6.45) is 6.71. The largest absolute Gasteiger partial charge is 0.395 e. The van der Waals surface area contributed by atoms with Gasteiger partial charge in [-0.05, 0) is 57.4 Å². The lowest BCUT2D eigenvalue weighted by Gasteiger charge is -2.22. The number of rotatable bonds is 7. The number of hydrogen-bond donors (Lipinski definition) is 2. The zero-order chi connectivity index (χ0) is 13.5. The minimum atomic E-state index is 0.206. The number of likely N-dealkylation sites (tertiary alicyclic amines) is 1. The van der Waals surface area contributed by atoms with Crippen molar-refractivity contribution >= 4 is 17.7 Å². The molecule has 2 aliphatic rings. The van der Waals surface area contributed by atoms with Crippen LogP contribution in [0.15, 0.2) is 0 Å². The Morgan fingerprint density at radius 3 is 2.95 bits per heavy atom. The highest BCUT2D eigenvalue weighted by Crippen LogP contribution is 2.25. The molecule has 19 heavy (non-hydrogen) atoms. The van der Waals surface area contributed by atoms with Crippen LogP contribution in [0.3, 0.4) is 0 Å². The van der Waals surface area contributed by atoms with Gasteiger partial charge in [0.25, 0.3) is 0 Å². The summed E-state index contributed by atoms with van der Waals surface area (Å²) in [6, 6.07) is 0.379. The standard InChI is InChI=1S/C14H26N2O2S/c17-11-12-5-3-9-16(12)8-2-1-7-15-14(18)13-6-4-10-19-13/h12-13,17H,1-11H2,(H,15,18). The van der Waals surface area contributed by atoms with Crippen LogP contribution >= 0.6 is 11.8 Å². The molecule has 110 valence electrons. The second-order valence-corrected chi connectivity index (χ2v) is 6.83. The molecule has 0 bridgehead atoms. The van der Waals surface area contributed by atoms with Crippen molar-refractivity contribution in [2.75, 3.05) is 32.0 Å². The molecular formula is C14H26N2O2S. The second-order valence-electron chi connectivity index (χ2n) is 5.51. The Kier molecular flexibility index (Phi) is 6.47. The highest BCUT2D eigenvalue weighted by Gasteiger charge is 2.24. The Hall–Kier alpha value is -0.260. The maximum absolute atomic E-state index is 11.8. The number of nitrogens with one attached hydrogen (secondary N) is 1. The number of carbonyl (C=O) groups is 1. The predicted octanol–water partition coefficient (Wildman–Crippen LogP) is 1.24. The fourth-order valence-electron chi connectivity index (χ4n) is 2.95. The van der Waals surface area contributed by atoms with Crippen LogP contribution in [-0.4, -0.2) is 59.2 Å². The van der Waals surface area contributed by atoms with E-state index in [4.69, 9.17) is 0 Å². The number of aliphatic hydroxyl groups excluding tert-OH is 1. The smallest absolute Gasteiger partial charge is 0.233 e. The third-order valence-corrected chi connectivity index (χ3v) is 5.48. The first kappa shape index (κ1) is 15.1. The summed E-state index contributed by atoms with van der Waals surface area (Å²) in [5, 5.41) is 12.5. The molecule has 5 heteroatoms. The average molecular weight is 286 g/mol. The lowest BCUT2D eigenvalue weighted by Crippen LogP contribution is -2.34. The van der Waals surface area contributed by atoms with Crippen molar-refractivity contribution in [1.29, 1.82) is 0 Å². The quantitative estimate of drug-likeness (QED) is 0.691. The molecule has 2 saturated heterocycles. The Labute approximate surface area is 120 Å². The van der Waals surface area contributed by atoms with Gasteiger partial charge in [0.2, 0.25) is 5.91 Å². The zero-order valence-corrected chi connectivity index (χ0v) is 12.5. The summed E-state index contributed by atoms with van der Waals surface area (Å²) < 4.78 is 0. The van der Waals surface area contributed by atoms with Gasteiger partial charge in [0.05, 0.1) is 11.9 Å². The van der Waals surface area contributed by atoms with E-state index >= 15 is 0 Å². The lowest BCUT2D eigenvalue weighted by molar-refractivity contribution is -0.120. The molecule has 0 aromatic carbocycles. The highest BCUT2D eigenvalue weighted by molar-refractivity contribution is 8.00. The van der Waals surface area contributed by atoms with E-state index in [9.17, 15) is 9.90 Å². The fraction of sp³-hybridized carbons (Fsp3) is 0.929. The fourth-order valence-corrected chi connectivity index (χ4v) is 4.13. The van der Waals surface area contributed by atoms with E-state index < -0.39 is 0 Å². The first-order chi connectivity index (χ1) is 9.31. The molecule has 4 nitrogen and oxygen atoms in total. The summed E-state index contributed by atoms with van der Waals surface area (Å²) in [5.74, 6) is 1.37. The van der Waals surface area contributed by atoms with Crippen LogP contribution in [0.1, 0.15) is 38.5 Å². The van der Waals surface area contributed by atoms with Gasteiger partial charge in [0.1, 0.15) is 0 Å². The van der Waals surface area contributed by atoms with Gasteiger partial charge in [-0.15, -0.1) is 11.8 Å². The molecule has 0 spiro atoms. The molecule has 2 N–H and O–H groups in total. The van der Waals surface area contributed by atoms with Crippen molar-refractivity contribution in [2.45, 2.75) is 49.8 Å². The Morgan fingerprint density at radius 1 is 1.32 bits per heavy atom. The molecule has 0 aliphatic carbocycles. The summed E-state index contributed by atoms with van der Waals surface area (Å²) in [5.41, 5.74) is 0. The first-order valence-corrected chi connectivity index (χ1v) is 8.60. The SMILES string of the molecule is O=C(NCCCCN1CCCC1CO)C1CCCS1. The van der Waals surface area contributed by atoms with E-state index in [0.717, 1.165) is 51.1 Å². The van der Waals surface area contributed by atoms with E-state index in [1.165, 1.54) is 12.8 Å². The minimum absolute atomic E-state index is 0.206. The van der Waals surface area contributed by atoms with Gasteiger partial charge in [-0.1, -0.05) is 0 Å². The molecule has 2 unspecified atom stereocenters. The van der Waals surface area contributed by atoms with Crippen molar-refractivity contribution in [3.63, 3.8) is 0 Å². The van der Waals surface area contributed by atoms with E-state index in [1.807, 2.05) is 0 Å². The Balaban J connectivity index is 1.51. The van der Waals surface area contributed by atoms with Gasteiger partial charge in [-0.25, -0.2) is 0 Å². The van der Waals surface area contributed by atoms with E-state index in [-0.39, 0.29) is 17.8 Å². The molecule has 0 aromatic rings. The van der Waals surface area contributed by atoms with Crippen LogP contribution in [0.25, 0.3) is 0 Å². The van der Waals surface area contributed by atoms with Gasteiger partial charge in [-0.3, -0.25) is 9.69 Å². The maximum atomic E-state index is 11.8. The predicted molar refractivity (Wildman–Crippen MR) is 79.4 cm³/mol. The van der Waals surface area contributed by atoms with Crippen LogP contribution in [0.4, 0.5) is 0 Å². The number of nitrogens with zero attached hydrogens (tertiary/aromatic N) is 1. The summed E-state index contributed by atoms with van der Waals surface area (Å²) in [4.78, 5) is 14.2. The number of carbonyl (C=O) groups excluding carboxylic acids is 1. The number of thioether (sulfide) groups is 1. The minimum Gasteiger partial charge on any atom is -0.395 e. The van der Waals surface area contributed by atoms with Crippen molar-refractivity contribution in [3.05, 3.63) is 0 Å². The third-order valence-electron chi connectivity index (χ3n) is 4.10. The van der Waals surface area contributed by atoms with Crippen molar-refractivity contribution in [1.82, 2.24) is 10.2 Å². The van der Waals surface area contributed by atoms with Gasteiger partial charge in [0.15, 0.2) is 0 Å². The normalized spacial score (nSPS) is 27.8. The summed E-state index contributed by atoms with van der Waals surface area (Å²) in [6.45, 7) is 3.26. The van der Waals surface area contributed by atoms with E-state index in [1.54, 1.807) is 11.8 Å². The van der Waals surface area contributed by atoms with E-state index in [0.29, 0.717) is 6.04 Å². The van der Waals surface area contributed by atoms with Crippen molar-refractivity contribution in [3.8, 4) is 0 Å². The van der Waals surface area contributed by atoms with Crippen LogP contribution < -0.4 is 5.32 Å². The Bertz CT molecular complexity index is 283. The van der Waals surface area contributed by atoms with Crippen molar-refractivity contribution in [2.24, 2.45) is 0 Å². The molecule has 0 saturated carbocycles. The molecule has 0 radical (unpaired) electrons. The topological polar surface area (TPSA) is 52.6 Å². The summed E-state index contributed by atoms with van der Waals surface area (Å²) in [7, 11) is 0. The molecule has 2 heterocycles. The first-order valence-electron chi connectivity index (χ1n) is 7.55. The third kappa shape index (κ3) is 4.65. The van der Waals surface area contributed by atoms with Crippen LogP contribution in [0.2, 0.25) is 0 Å². The van der Waals surface area contributed by atoms with Crippen LogP contribution in [-0.2, 0) is 4.79 Å². The maximum Gasteiger partial charge on any atom is 0.233 e. The molecule has 2 fully saturated rings. The molecule has 2 aliphatic heterocycles. The molecule has 2 atom stereocenters. The van der Waals surface area contributed by atoms with Crippen LogP contribution in [0.5, 0.6) is 0 Å². The number of unbranched alkanes of at least 4 members (excludes halogenated alkanes) is 1. The van der Waals surface area contributed by atoms with Gasteiger partial charge in [0, 0.05) is 12.6 Å². The van der Waals surface area contributed by atoms with Crippen molar-refractivity contribution < 1.29 is 9.90 Å².